The molecule has 0 saturated carbocycles. The van der Waals surface area contributed by atoms with E-state index in [1.54, 1.807) is 62.6 Å². The van der Waals surface area contributed by atoms with Gasteiger partial charge >= 0.3 is 5.97 Å². The Balaban J connectivity index is 1.54. The fraction of sp³-hybridized carbons (Fsp3) is 0.227. The zero-order chi connectivity index (χ0) is 22.7. The molecule has 1 atom stereocenters. The highest BCUT2D eigenvalue weighted by Crippen LogP contribution is 2.28. The van der Waals surface area contributed by atoms with Crippen LogP contribution in [-0.2, 0) is 14.3 Å². The summed E-state index contributed by atoms with van der Waals surface area (Å²) in [5.41, 5.74) is 1.58. The Labute approximate surface area is 183 Å². The number of hydrogen-bond donors (Lipinski definition) is 2. The minimum Gasteiger partial charge on any atom is -0.497 e. The van der Waals surface area contributed by atoms with Crippen molar-refractivity contribution >= 4 is 29.4 Å². The summed E-state index contributed by atoms with van der Waals surface area (Å²) in [6, 6.07) is 12.6. The standard InChI is InChI=1S/C22H21N5O5/c1-3-32-21(30)14-4-8-15(9-5-14)23-20(29)17-12-18(28)24-22-25-19(26-27(17)22)13-6-10-16(31-2)11-7-13/h4-11,17H,3,12H2,1-2H3,(H,23,29)(H,24,25,26,28). The van der Waals surface area contributed by atoms with E-state index in [-0.39, 0.29) is 24.9 Å². The molecule has 0 radical (unpaired) electrons. The third-order valence-corrected chi connectivity index (χ3v) is 4.87. The van der Waals surface area contributed by atoms with Gasteiger partial charge in [0.2, 0.25) is 17.8 Å². The molecule has 0 bridgehead atoms. The molecule has 0 saturated heterocycles. The molecule has 3 aromatic rings. The van der Waals surface area contributed by atoms with Crippen molar-refractivity contribution < 1.29 is 23.9 Å². The van der Waals surface area contributed by atoms with Crippen LogP contribution in [0.5, 0.6) is 5.75 Å². The van der Waals surface area contributed by atoms with Gasteiger partial charge in [-0.15, -0.1) is 5.10 Å². The highest BCUT2D eigenvalue weighted by molar-refractivity contribution is 6.01. The van der Waals surface area contributed by atoms with E-state index in [1.807, 2.05) is 0 Å². The van der Waals surface area contributed by atoms with Crippen molar-refractivity contribution in [2.45, 2.75) is 19.4 Å². The van der Waals surface area contributed by atoms with E-state index in [0.29, 0.717) is 22.8 Å². The van der Waals surface area contributed by atoms with Gasteiger partial charge in [0.15, 0.2) is 5.82 Å². The summed E-state index contributed by atoms with van der Waals surface area (Å²) in [6.45, 7) is 2.01. The number of carbonyl (C=O) groups is 3. The molecule has 0 aliphatic carbocycles. The van der Waals surface area contributed by atoms with E-state index in [1.165, 1.54) is 4.68 Å². The second-order valence-electron chi connectivity index (χ2n) is 6.99. The predicted octanol–water partition coefficient (Wildman–Crippen LogP) is 2.65. The van der Waals surface area contributed by atoms with Gasteiger partial charge < -0.3 is 14.8 Å². The monoisotopic (exact) mass is 435 g/mol. The first kappa shape index (κ1) is 21.0. The Morgan fingerprint density at radius 2 is 1.88 bits per heavy atom. The van der Waals surface area contributed by atoms with Crippen LogP contribution in [-0.4, -0.2) is 46.3 Å². The zero-order valence-corrected chi connectivity index (χ0v) is 17.5. The molecule has 2 heterocycles. The maximum absolute atomic E-state index is 12.9. The summed E-state index contributed by atoms with van der Waals surface area (Å²) in [6.07, 6.45) is -0.0782. The molecule has 2 N–H and O–H groups in total. The maximum atomic E-state index is 12.9. The maximum Gasteiger partial charge on any atom is 0.338 e. The highest BCUT2D eigenvalue weighted by Gasteiger charge is 2.33. The van der Waals surface area contributed by atoms with Gasteiger partial charge in [-0.25, -0.2) is 9.48 Å². The van der Waals surface area contributed by atoms with Crippen molar-refractivity contribution in [3.8, 4) is 17.1 Å². The quantitative estimate of drug-likeness (QED) is 0.570. The Morgan fingerprint density at radius 1 is 1.16 bits per heavy atom. The van der Waals surface area contributed by atoms with Crippen molar-refractivity contribution in [2.24, 2.45) is 0 Å². The van der Waals surface area contributed by atoms with Crippen LogP contribution in [0.2, 0.25) is 0 Å². The van der Waals surface area contributed by atoms with Crippen molar-refractivity contribution in [2.75, 3.05) is 24.4 Å². The summed E-state index contributed by atoms with van der Waals surface area (Å²) in [4.78, 5) is 41.2. The number of nitrogens with one attached hydrogen (secondary N) is 2. The van der Waals surface area contributed by atoms with Crippen molar-refractivity contribution in [1.29, 1.82) is 0 Å². The normalized spacial score (nSPS) is 14.8. The summed E-state index contributed by atoms with van der Waals surface area (Å²) < 4.78 is 11.5. The number of anilines is 2. The number of nitrogens with zero attached hydrogens (tertiary/aromatic N) is 3. The average molecular weight is 435 g/mol. The zero-order valence-electron chi connectivity index (χ0n) is 17.5. The van der Waals surface area contributed by atoms with Crippen molar-refractivity contribution in [3.05, 3.63) is 54.1 Å². The Morgan fingerprint density at radius 3 is 2.53 bits per heavy atom. The third kappa shape index (κ3) is 4.29. The molecule has 1 aliphatic heterocycles. The van der Waals surface area contributed by atoms with Crippen LogP contribution in [0.4, 0.5) is 11.6 Å². The van der Waals surface area contributed by atoms with E-state index < -0.39 is 17.9 Å². The van der Waals surface area contributed by atoms with Gasteiger partial charge in [-0.3, -0.25) is 14.9 Å². The number of amides is 2. The third-order valence-electron chi connectivity index (χ3n) is 4.87. The molecule has 2 aromatic carbocycles. The Bertz CT molecular complexity index is 1150. The number of aromatic nitrogens is 3. The van der Waals surface area contributed by atoms with Crippen LogP contribution < -0.4 is 15.4 Å². The second kappa shape index (κ2) is 8.88. The average Bonchev–Trinajstić information content (AvgIpc) is 3.23. The fourth-order valence-corrected chi connectivity index (χ4v) is 3.26. The van der Waals surface area contributed by atoms with Crippen LogP contribution in [0, 0.1) is 0 Å². The number of hydrogen-bond acceptors (Lipinski definition) is 7. The lowest BCUT2D eigenvalue weighted by atomic mass is 10.1. The molecule has 32 heavy (non-hydrogen) atoms. The molecular formula is C22H21N5O5. The van der Waals surface area contributed by atoms with Crippen LogP contribution in [0.1, 0.15) is 29.7 Å². The smallest absolute Gasteiger partial charge is 0.338 e. The summed E-state index contributed by atoms with van der Waals surface area (Å²) in [5, 5.41) is 9.85. The number of methoxy groups -OCH3 is 1. The number of benzene rings is 2. The van der Waals surface area contributed by atoms with E-state index in [2.05, 4.69) is 20.7 Å². The SMILES string of the molecule is CCOC(=O)c1ccc(NC(=O)C2CC(=O)Nc3nc(-c4ccc(OC)cc4)nn32)cc1. The lowest BCUT2D eigenvalue weighted by Crippen LogP contribution is -2.36. The lowest BCUT2D eigenvalue weighted by molar-refractivity contribution is -0.125. The van der Waals surface area contributed by atoms with E-state index >= 15 is 0 Å². The summed E-state index contributed by atoms with van der Waals surface area (Å²) in [7, 11) is 1.58. The van der Waals surface area contributed by atoms with Gasteiger partial charge in [0.25, 0.3) is 0 Å². The second-order valence-corrected chi connectivity index (χ2v) is 6.99. The fourth-order valence-electron chi connectivity index (χ4n) is 3.26. The minimum atomic E-state index is -0.872. The summed E-state index contributed by atoms with van der Waals surface area (Å²) >= 11 is 0. The molecule has 0 fully saturated rings. The first-order valence-corrected chi connectivity index (χ1v) is 9.97. The molecule has 2 amide bonds. The first-order chi connectivity index (χ1) is 15.5. The molecular weight excluding hydrogens is 414 g/mol. The van der Waals surface area contributed by atoms with Gasteiger partial charge in [0.1, 0.15) is 11.8 Å². The molecule has 0 spiro atoms. The molecule has 1 aromatic heterocycles. The van der Waals surface area contributed by atoms with Crippen LogP contribution in [0.25, 0.3) is 11.4 Å². The Kier molecular flexibility index (Phi) is 5.84. The van der Waals surface area contributed by atoms with E-state index in [0.717, 1.165) is 5.56 Å². The molecule has 4 rings (SSSR count). The number of rotatable bonds is 6. The highest BCUT2D eigenvalue weighted by atomic mass is 16.5. The number of fused-ring (bicyclic) bond motifs is 1. The molecule has 10 heteroatoms. The summed E-state index contributed by atoms with van der Waals surface area (Å²) in [5.74, 6) is 0.0800. The van der Waals surface area contributed by atoms with E-state index in [9.17, 15) is 14.4 Å². The largest absolute Gasteiger partial charge is 0.497 e. The van der Waals surface area contributed by atoms with Crippen LogP contribution in [0.15, 0.2) is 48.5 Å². The van der Waals surface area contributed by atoms with Gasteiger partial charge in [0, 0.05) is 11.3 Å². The molecule has 164 valence electrons. The molecule has 1 aliphatic rings. The number of carbonyl (C=O) groups excluding carboxylic acids is 3. The van der Waals surface area contributed by atoms with Crippen molar-refractivity contribution in [3.63, 3.8) is 0 Å². The van der Waals surface area contributed by atoms with Crippen molar-refractivity contribution in [1.82, 2.24) is 14.8 Å². The van der Waals surface area contributed by atoms with Gasteiger partial charge in [-0.2, -0.15) is 4.98 Å². The number of ether oxygens (including phenoxy) is 2. The van der Waals surface area contributed by atoms with Gasteiger partial charge in [0.05, 0.1) is 25.7 Å². The molecule has 10 nitrogen and oxygen atoms in total. The van der Waals surface area contributed by atoms with Crippen LogP contribution in [0.3, 0.4) is 0 Å². The minimum absolute atomic E-state index is 0.0782. The van der Waals surface area contributed by atoms with Gasteiger partial charge in [-0.1, -0.05) is 0 Å². The predicted molar refractivity (Wildman–Crippen MR) is 115 cm³/mol. The van der Waals surface area contributed by atoms with E-state index in [4.69, 9.17) is 9.47 Å². The van der Waals surface area contributed by atoms with Gasteiger partial charge in [-0.05, 0) is 55.5 Å². The molecule has 1 unspecified atom stereocenters. The van der Waals surface area contributed by atoms with Crippen LogP contribution >= 0.6 is 0 Å². The first-order valence-electron chi connectivity index (χ1n) is 9.97. The number of esters is 1. The topological polar surface area (TPSA) is 124 Å². The Hall–Kier alpha value is -4.21. The lowest BCUT2D eigenvalue weighted by Gasteiger charge is -2.22.